The van der Waals surface area contributed by atoms with Crippen molar-refractivity contribution >= 4 is 12.0 Å². The van der Waals surface area contributed by atoms with Crippen LogP contribution in [0.1, 0.15) is 38.7 Å². The van der Waals surface area contributed by atoms with Crippen LogP contribution in [0.3, 0.4) is 0 Å². The molecule has 5 heteroatoms. The molecule has 1 heterocycles. The third kappa shape index (κ3) is 5.49. The van der Waals surface area contributed by atoms with Crippen molar-refractivity contribution in [3.63, 3.8) is 0 Å². The molecule has 1 amide bonds. The third-order valence-electron chi connectivity index (χ3n) is 4.94. The average molecular weight is 360 g/mol. The molecule has 1 aromatic rings. The molecule has 0 atom stereocenters. The highest BCUT2D eigenvalue weighted by atomic mass is 16.5. The van der Waals surface area contributed by atoms with Gasteiger partial charge in [0.25, 0.3) is 5.91 Å². The van der Waals surface area contributed by atoms with Gasteiger partial charge in [-0.05, 0) is 50.4 Å². The number of hydrogen-bond donors (Lipinski definition) is 0. The lowest BCUT2D eigenvalue weighted by Crippen LogP contribution is -2.47. The first-order chi connectivity index (χ1) is 12.6. The second-order valence-electron chi connectivity index (χ2n) is 6.78. The summed E-state index contributed by atoms with van der Waals surface area (Å²) in [5, 5.41) is 0. The Balaban J connectivity index is 1.88. The van der Waals surface area contributed by atoms with E-state index in [1.165, 1.54) is 6.42 Å². The minimum Gasteiger partial charge on any atom is -0.493 e. The Labute approximate surface area is 157 Å². The quantitative estimate of drug-likeness (QED) is 0.712. The third-order valence-corrected chi connectivity index (χ3v) is 4.94. The van der Waals surface area contributed by atoms with Gasteiger partial charge in [0, 0.05) is 26.2 Å². The maximum Gasteiger partial charge on any atom is 0.260 e. The molecule has 2 rings (SSSR count). The highest BCUT2D eigenvalue weighted by molar-refractivity contribution is 5.78. The fourth-order valence-electron chi connectivity index (χ4n) is 3.39. The highest BCUT2D eigenvalue weighted by Gasteiger charge is 2.25. The number of ether oxygens (including phenoxy) is 2. The van der Waals surface area contributed by atoms with Crippen LogP contribution in [0.5, 0.6) is 11.5 Å². The lowest BCUT2D eigenvalue weighted by Gasteiger charge is -2.36. The molecule has 1 fully saturated rings. The predicted octanol–water partition coefficient (Wildman–Crippen LogP) is 3.44. The van der Waals surface area contributed by atoms with Crippen molar-refractivity contribution in [3.8, 4) is 11.5 Å². The van der Waals surface area contributed by atoms with E-state index in [1.807, 2.05) is 49.2 Å². The summed E-state index contributed by atoms with van der Waals surface area (Å²) in [6, 6.07) is 6.02. The maximum atomic E-state index is 12.5. The fraction of sp³-hybridized carbons (Fsp3) is 0.571. The summed E-state index contributed by atoms with van der Waals surface area (Å²) in [5.41, 5.74) is 1.04. The van der Waals surface area contributed by atoms with E-state index in [0.29, 0.717) is 17.5 Å². The average Bonchev–Trinajstić information content (AvgIpc) is 2.67. The molecule has 0 N–H and O–H groups in total. The van der Waals surface area contributed by atoms with E-state index >= 15 is 0 Å². The van der Waals surface area contributed by atoms with E-state index < -0.39 is 0 Å². The van der Waals surface area contributed by atoms with Gasteiger partial charge < -0.3 is 19.3 Å². The van der Waals surface area contributed by atoms with Crippen LogP contribution in [0.4, 0.5) is 0 Å². The van der Waals surface area contributed by atoms with Crippen molar-refractivity contribution in [3.05, 3.63) is 29.8 Å². The van der Waals surface area contributed by atoms with Crippen molar-refractivity contribution in [2.24, 2.45) is 0 Å². The zero-order valence-corrected chi connectivity index (χ0v) is 16.5. The molecule has 0 aliphatic carbocycles. The summed E-state index contributed by atoms with van der Waals surface area (Å²) < 4.78 is 11.1. The van der Waals surface area contributed by atoms with E-state index in [-0.39, 0.29) is 12.5 Å². The van der Waals surface area contributed by atoms with Crippen LogP contribution in [0.2, 0.25) is 0 Å². The summed E-state index contributed by atoms with van der Waals surface area (Å²) in [6.07, 6.45) is 7.21. The number of likely N-dealkylation sites (N-methyl/N-ethyl adjacent to an activating group) is 1. The Morgan fingerprint density at radius 3 is 2.65 bits per heavy atom. The topological polar surface area (TPSA) is 42.0 Å². The van der Waals surface area contributed by atoms with Gasteiger partial charge in [-0.2, -0.15) is 0 Å². The number of piperidine rings is 1. The zero-order chi connectivity index (χ0) is 18.9. The predicted molar refractivity (Wildman–Crippen MR) is 106 cm³/mol. The minimum atomic E-state index is 0.0125. The molecule has 26 heavy (non-hydrogen) atoms. The Bertz CT molecular complexity index is 607. The van der Waals surface area contributed by atoms with Crippen LogP contribution in [0.25, 0.3) is 6.08 Å². The molecular formula is C21H32N2O3. The first kappa shape index (κ1) is 20.3. The Morgan fingerprint density at radius 1 is 1.31 bits per heavy atom. The normalized spacial score (nSPS) is 16.0. The van der Waals surface area contributed by atoms with Crippen molar-refractivity contribution in [2.45, 2.75) is 39.2 Å². The Kier molecular flexibility index (Phi) is 7.98. The van der Waals surface area contributed by atoms with E-state index in [1.54, 1.807) is 7.11 Å². The van der Waals surface area contributed by atoms with Crippen molar-refractivity contribution in [1.29, 1.82) is 0 Å². The maximum absolute atomic E-state index is 12.5. The first-order valence-electron chi connectivity index (χ1n) is 9.50. The molecule has 1 saturated heterocycles. The van der Waals surface area contributed by atoms with Gasteiger partial charge in [-0.3, -0.25) is 4.79 Å². The van der Waals surface area contributed by atoms with E-state index in [0.717, 1.165) is 38.0 Å². The van der Waals surface area contributed by atoms with Gasteiger partial charge in [0.15, 0.2) is 18.1 Å². The molecule has 5 nitrogen and oxygen atoms in total. The summed E-state index contributed by atoms with van der Waals surface area (Å²) in [5.74, 6) is 1.25. The number of methoxy groups -OCH3 is 1. The highest BCUT2D eigenvalue weighted by Crippen LogP contribution is 2.28. The largest absolute Gasteiger partial charge is 0.493 e. The van der Waals surface area contributed by atoms with Gasteiger partial charge in [0.2, 0.25) is 0 Å². The van der Waals surface area contributed by atoms with Crippen LogP contribution in [-0.4, -0.2) is 62.1 Å². The van der Waals surface area contributed by atoms with Crippen molar-refractivity contribution in [2.75, 3.05) is 40.4 Å². The van der Waals surface area contributed by atoms with Crippen molar-refractivity contribution in [1.82, 2.24) is 9.80 Å². The van der Waals surface area contributed by atoms with Crippen LogP contribution >= 0.6 is 0 Å². The summed E-state index contributed by atoms with van der Waals surface area (Å²) >= 11 is 0. The van der Waals surface area contributed by atoms with Gasteiger partial charge >= 0.3 is 0 Å². The SMILES string of the molecule is C/C=C/c1ccc(OCC(=O)N(C)C2CCN(CCC)CC2)c(OC)c1. The van der Waals surface area contributed by atoms with Crippen LogP contribution < -0.4 is 9.47 Å². The summed E-state index contributed by atoms with van der Waals surface area (Å²) in [7, 11) is 3.50. The lowest BCUT2D eigenvalue weighted by molar-refractivity contribution is -0.135. The standard InChI is InChI=1S/C21H32N2O3/c1-5-7-17-8-9-19(20(15-17)25-4)26-16-21(24)22(3)18-10-13-23(12-6-2)14-11-18/h5,7-9,15,18H,6,10-14,16H2,1-4H3/b7-5+. The molecule has 144 valence electrons. The first-order valence-corrected chi connectivity index (χ1v) is 9.50. The van der Waals surface area contributed by atoms with Gasteiger partial charge in [-0.15, -0.1) is 0 Å². The molecule has 0 bridgehead atoms. The van der Waals surface area contributed by atoms with Gasteiger partial charge in [-0.1, -0.05) is 25.1 Å². The van der Waals surface area contributed by atoms with E-state index in [2.05, 4.69) is 11.8 Å². The lowest BCUT2D eigenvalue weighted by atomic mass is 10.0. The number of carbonyl (C=O) groups excluding carboxylic acids is 1. The molecule has 1 aromatic carbocycles. The second kappa shape index (κ2) is 10.2. The zero-order valence-electron chi connectivity index (χ0n) is 16.5. The van der Waals surface area contributed by atoms with E-state index in [9.17, 15) is 4.79 Å². The van der Waals surface area contributed by atoms with Crippen LogP contribution in [-0.2, 0) is 4.79 Å². The van der Waals surface area contributed by atoms with Gasteiger partial charge in [0.05, 0.1) is 7.11 Å². The number of allylic oxidation sites excluding steroid dienone is 1. The molecule has 0 radical (unpaired) electrons. The number of benzene rings is 1. The molecule has 1 aliphatic heterocycles. The summed E-state index contributed by atoms with van der Waals surface area (Å²) in [6.45, 7) is 7.49. The van der Waals surface area contributed by atoms with Gasteiger partial charge in [0.1, 0.15) is 0 Å². The number of nitrogens with zero attached hydrogens (tertiary/aromatic N) is 2. The van der Waals surface area contributed by atoms with E-state index in [4.69, 9.17) is 9.47 Å². The van der Waals surface area contributed by atoms with Gasteiger partial charge in [-0.25, -0.2) is 0 Å². The number of rotatable bonds is 8. The summed E-state index contributed by atoms with van der Waals surface area (Å²) in [4.78, 5) is 16.9. The molecule has 0 aromatic heterocycles. The Morgan fingerprint density at radius 2 is 2.04 bits per heavy atom. The number of hydrogen-bond acceptors (Lipinski definition) is 4. The fourth-order valence-corrected chi connectivity index (χ4v) is 3.39. The molecule has 0 unspecified atom stereocenters. The van der Waals surface area contributed by atoms with Crippen LogP contribution in [0, 0.1) is 0 Å². The van der Waals surface area contributed by atoms with Crippen LogP contribution in [0.15, 0.2) is 24.3 Å². The smallest absolute Gasteiger partial charge is 0.260 e. The monoisotopic (exact) mass is 360 g/mol. The molecule has 1 aliphatic rings. The second-order valence-corrected chi connectivity index (χ2v) is 6.78. The van der Waals surface area contributed by atoms with Crippen molar-refractivity contribution < 1.29 is 14.3 Å². The Hall–Kier alpha value is -2.01. The number of carbonyl (C=O) groups is 1. The minimum absolute atomic E-state index is 0.0125. The molecular weight excluding hydrogens is 328 g/mol. The molecule has 0 saturated carbocycles. The molecule has 0 spiro atoms. The number of amides is 1. The number of likely N-dealkylation sites (tertiary alicyclic amines) is 1.